The molecule has 0 aliphatic heterocycles. The summed E-state index contributed by atoms with van der Waals surface area (Å²) >= 11 is 0. The van der Waals surface area contributed by atoms with Crippen LogP contribution in [0.2, 0.25) is 0 Å². The summed E-state index contributed by atoms with van der Waals surface area (Å²) in [6.07, 6.45) is 1.94. The lowest BCUT2D eigenvalue weighted by molar-refractivity contribution is -0.122. The van der Waals surface area contributed by atoms with Gasteiger partial charge in [-0.15, -0.1) is 0 Å². The average molecular weight is 262 g/mol. The standard InChI is InChI=1S/C16H26N2O/c1-6-14(7-2)18-16(19)13(5)17-15-9-8-11(3)12(4)10-15/h8-10,13-14,17H,6-7H2,1-5H3,(H,18,19). The molecule has 1 rings (SSSR count). The van der Waals surface area contributed by atoms with Crippen LogP contribution in [0.4, 0.5) is 5.69 Å². The molecule has 19 heavy (non-hydrogen) atoms. The number of anilines is 1. The van der Waals surface area contributed by atoms with Crippen molar-refractivity contribution in [1.82, 2.24) is 5.32 Å². The Balaban J connectivity index is 2.60. The minimum absolute atomic E-state index is 0.0620. The first kappa shape index (κ1) is 15.5. The lowest BCUT2D eigenvalue weighted by Crippen LogP contribution is -2.42. The number of nitrogens with one attached hydrogen (secondary N) is 2. The van der Waals surface area contributed by atoms with E-state index in [4.69, 9.17) is 0 Å². The molecular weight excluding hydrogens is 236 g/mol. The minimum atomic E-state index is -0.220. The fourth-order valence-electron chi connectivity index (χ4n) is 1.97. The van der Waals surface area contributed by atoms with Crippen LogP contribution >= 0.6 is 0 Å². The topological polar surface area (TPSA) is 41.1 Å². The number of hydrogen-bond acceptors (Lipinski definition) is 2. The Kier molecular flexibility index (Phi) is 5.87. The molecule has 0 heterocycles. The second-order valence-electron chi connectivity index (χ2n) is 5.19. The van der Waals surface area contributed by atoms with Crippen molar-refractivity contribution in [2.75, 3.05) is 5.32 Å². The van der Waals surface area contributed by atoms with Crippen molar-refractivity contribution in [3.8, 4) is 0 Å². The fraction of sp³-hybridized carbons (Fsp3) is 0.562. The minimum Gasteiger partial charge on any atom is -0.374 e. The van der Waals surface area contributed by atoms with E-state index in [1.807, 2.05) is 13.0 Å². The Bertz CT molecular complexity index is 425. The highest BCUT2D eigenvalue weighted by Gasteiger charge is 2.15. The fourth-order valence-corrected chi connectivity index (χ4v) is 1.97. The third kappa shape index (κ3) is 4.58. The SMILES string of the molecule is CCC(CC)NC(=O)C(C)Nc1ccc(C)c(C)c1. The van der Waals surface area contributed by atoms with Crippen LogP contribution < -0.4 is 10.6 Å². The van der Waals surface area contributed by atoms with Crippen molar-refractivity contribution in [3.05, 3.63) is 29.3 Å². The normalized spacial score (nSPS) is 12.3. The lowest BCUT2D eigenvalue weighted by atomic mass is 10.1. The van der Waals surface area contributed by atoms with E-state index in [0.29, 0.717) is 0 Å². The van der Waals surface area contributed by atoms with E-state index in [-0.39, 0.29) is 18.0 Å². The number of carbonyl (C=O) groups excluding carboxylic acids is 1. The first-order valence-electron chi connectivity index (χ1n) is 7.12. The van der Waals surface area contributed by atoms with Crippen molar-refractivity contribution >= 4 is 11.6 Å². The maximum absolute atomic E-state index is 12.1. The van der Waals surface area contributed by atoms with Crippen LogP contribution in [0.1, 0.15) is 44.7 Å². The Morgan fingerprint density at radius 3 is 2.32 bits per heavy atom. The van der Waals surface area contributed by atoms with Gasteiger partial charge in [0.1, 0.15) is 6.04 Å². The highest BCUT2D eigenvalue weighted by atomic mass is 16.2. The third-order valence-corrected chi connectivity index (χ3v) is 3.62. The van der Waals surface area contributed by atoms with Crippen LogP contribution in [0, 0.1) is 13.8 Å². The molecule has 3 heteroatoms. The van der Waals surface area contributed by atoms with E-state index in [2.05, 4.69) is 50.5 Å². The van der Waals surface area contributed by atoms with Gasteiger partial charge in [0.15, 0.2) is 0 Å². The molecular formula is C16H26N2O. The van der Waals surface area contributed by atoms with Crippen molar-refractivity contribution in [3.63, 3.8) is 0 Å². The zero-order valence-corrected chi connectivity index (χ0v) is 12.7. The van der Waals surface area contributed by atoms with Crippen LogP contribution in [-0.4, -0.2) is 18.0 Å². The number of rotatable bonds is 6. The highest BCUT2D eigenvalue weighted by Crippen LogP contribution is 2.15. The van der Waals surface area contributed by atoms with E-state index in [9.17, 15) is 4.79 Å². The number of amides is 1. The van der Waals surface area contributed by atoms with Gasteiger partial charge >= 0.3 is 0 Å². The summed E-state index contributed by atoms with van der Waals surface area (Å²) in [5, 5.41) is 6.31. The molecule has 1 atom stereocenters. The number of carbonyl (C=O) groups is 1. The van der Waals surface area contributed by atoms with Gasteiger partial charge in [-0.1, -0.05) is 19.9 Å². The molecule has 0 aromatic heterocycles. The molecule has 0 spiro atoms. The molecule has 0 bridgehead atoms. The van der Waals surface area contributed by atoms with E-state index < -0.39 is 0 Å². The summed E-state index contributed by atoms with van der Waals surface area (Å²) in [5.41, 5.74) is 3.49. The second-order valence-corrected chi connectivity index (χ2v) is 5.19. The first-order valence-corrected chi connectivity index (χ1v) is 7.12. The maximum Gasteiger partial charge on any atom is 0.242 e. The number of benzene rings is 1. The van der Waals surface area contributed by atoms with Gasteiger partial charge in [-0.2, -0.15) is 0 Å². The second kappa shape index (κ2) is 7.17. The molecule has 0 aliphatic carbocycles. The molecule has 0 saturated carbocycles. The lowest BCUT2D eigenvalue weighted by Gasteiger charge is -2.20. The number of aryl methyl sites for hydroxylation is 2. The van der Waals surface area contributed by atoms with Crippen LogP contribution in [0.5, 0.6) is 0 Å². The van der Waals surface area contributed by atoms with Gasteiger partial charge in [-0.3, -0.25) is 4.79 Å². The molecule has 1 unspecified atom stereocenters. The predicted molar refractivity (Wildman–Crippen MR) is 81.5 cm³/mol. The maximum atomic E-state index is 12.1. The molecule has 0 fully saturated rings. The molecule has 106 valence electrons. The van der Waals surface area contributed by atoms with Gasteiger partial charge in [0.2, 0.25) is 5.91 Å². The molecule has 3 nitrogen and oxygen atoms in total. The van der Waals surface area contributed by atoms with E-state index in [0.717, 1.165) is 18.5 Å². The molecule has 0 radical (unpaired) electrons. The van der Waals surface area contributed by atoms with E-state index in [1.54, 1.807) is 0 Å². The van der Waals surface area contributed by atoms with Crippen molar-refractivity contribution in [2.24, 2.45) is 0 Å². The monoisotopic (exact) mass is 262 g/mol. The van der Waals surface area contributed by atoms with Crippen LogP contribution in [0.3, 0.4) is 0 Å². The Labute approximate surface area is 116 Å². The summed E-state index contributed by atoms with van der Waals surface area (Å²) in [6.45, 7) is 10.2. The van der Waals surface area contributed by atoms with Crippen LogP contribution in [0.15, 0.2) is 18.2 Å². The Morgan fingerprint density at radius 1 is 1.16 bits per heavy atom. The summed E-state index contributed by atoms with van der Waals surface area (Å²) in [4.78, 5) is 12.1. The zero-order valence-electron chi connectivity index (χ0n) is 12.7. The zero-order chi connectivity index (χ0) is 14.4. The Hall–Kier alpha value is -1.51. The summed E-state index contributed by atoms with van der Waals surface area (Å²) in [7, 11) is 0. The van der Waals surface area contributed by atoms with Crippen LogP contribution in [-0.2, 0) is 4.79 Å². The van der Waals surface area contributed by atoms with Crippen molar-refractivity contribution in [2.45, 2.75) is 59.5 Å². The summed E-state index contributed by atoms with van der Waals surface area (Å²) in [6, 6.07) is 6.22. The summed E-state index contributed by atoms with van der Waals surface area (Å²) in [5.74, 6) is 0.0620. The quantitative estimate of drug-likeness (QED) is 0.825. The van der Waals surface area contributed by atoms with E-state index >= 15 is 0 Å². The molecule has 0 aliphatic rings. The van der Waals surface area contributed by atoms with Gasteiger partial charge in [-0.25, -0.2) is 0 Å². The molecule has 1 aromatic rings. The Morgan fingerprint density at radius 2 is 1.79 bits per heavy atom. The van der Waals surface area contributed by atoms with E-state index in [1.165, 1.54) is 11.1 Å². The molecule has 1 amide bonds. The van der Waals surface area contributed by atoms with Gasteiger partial charge in [0, 0.05) is 11.7 Å². The van der Waals surface area contributed by atoms with Gasteiger partial charge in [0.25, 0.3) is 0 Å². The molecule has 0 saturated heterocycles. The largest absolute Gasteiger partial charge is 0.374 e. The molecule has 1 aromatic carbocycles. The first-order chi connectivity index (χ1) is 8.97. The molecule has 2 N–H and O–H groups in total. The smallest absolute Gasteiger partial charge is 0.242 e. The average Bonchev–Trinajstić information content (AvgIpc) is 2.39. The third-order valence-electron chi connectivity index (χ3n) is 3.62. The van der Waals surface area contributed by atoms with Gasteiger partial charge < -0.3 is 10.6 Å². The van der Waals surface area contributed by atoms with Crippen molar-refractivity contribution < 1.29 is 4.79 Å². The number of hydrogen-bond donors (Lipinski definition) is 2. The summed E-state index contributed by atoms with van der Waals surface area (Å²) < 4.78 is 0. The van der Waals surface area contributed by atoms with Crippen molar-refractivity contribution in [1.29, 1.82) is 0 Å². The van der Waals surface area contributed by atoms with Gasteiger partial charge in [0.05, 0.1) is 0 Å². The highest BCUT2D eigenvalue weighted by molar-refractivity contribution is 5.84. The van der Waals surface area contributed by atoms with Gasteiger partial charge in [-0.05, 0) is 56.9 Å². The predicted octanol–water partition coefficient (Wildman–Crippen LogP) is 3.41. The van der Waals surface area contributed by atoms with Crippen LogP contribution in [0.25, 0.3) is 0 Å².